The molecular weight excluding hydrogens is 444 g/mol. The van der Waals surface area contributed by atoms with Gasteiger partial charge >= 0.3 is 11.9 Å². The molecule has 188 valence electrons. The van der Waals surface area contributed by atoms with Gasteiger partial charge in [-0.25, -0.2) is 4.79 Å². The van der Waals surface area contributed by atoms with Crippen LogP contribution in [0, 0.1) is 34.5 Å². The van der Waals surface area contributed by atoms with Gasteiger partial charge in [0.15, 0.2) is 5.79 Å². The van der Waals surface area contributed by atoms with Gasteiger partial charge < -0.3 is 34.6 Å². The molecule has 0 aromatic heterocycles. The molecule has 2 saturated carbocycles. The van der Waals surface area contributed by atoms with Crippen molar-refractivity contribution >= 4 is 11.9 Å². The van der Waals surface area contributed by atoms with Crippen LogP contribution in [-0.2, 0) is 23.8 Å². The van der Waals surface area contributed by atoms with E-state index in [2.05, 4.69) is 0 Å². The van der Waals surface area contributed by atoms with Crippen LogP contribution in [0.1, 0.15) is 41.0 Å². The minimum absolute atomic E-state index is 0.00746. The average Bonchev–Trinajstić information content (AvgIpc) is 3.02. The highest BCUT2D eigenvalue weighted by Crippen LogP contribution is 2.74. The monoisotopic (exact) mass is 478 g/mol. The largest absolute Gasteiger partial charge is 0.458 e. The molecule has 34 heavy (non-hydrogen) atoms. The fourth-order valence-corrected chi connectivity index (χ4v) is 8.34. The third-order valence-electron chi connectivity index (χ3n) is 9.39. The highest BCUT2D eigenvalue weighted by Gasteiger charge is 2.84. The Balaban J connectivity index is 1.77. The van der Waals surface area contributed by atoms with Crippen LogP contribution in [0.3, 0.4) is 0 Å². The van der Waals surface area contributed by atoms with E-state index in [9.17, 15) is 30.0 Å². The fraction of sp³-hybridized carbons (Fsp3) is 0.760. The second kappa shape index (κ2) is 7.36. The minimum atomic E-state index is -2.03. The Kier molecular flexibility index (Phi) is 5.19. The molecule has 0 radical (unpaired) electrons. The first-order valence-corrected chi connectivity index (χ1v) is 11.9. The van der Waals surface area contributed by atoms with Crippen molar-refractivity contribution in [1.29, 1.82) is 0 Å². The van der Waals surface area contributed by atoms with Crippen LogP contribution in [0.5, 0.6) is 0 Å². The van der Waals surface area contributed by atoms with Gasteiger partial charge in [0.2, 0.25) is 0 Å². The molecule has 4 fully saturated rings. The number of ether oxygens (including phenoxy) is 3. The van der Waals surface area contributed by atoms with E-state index in [1.165, 1.54) is 12.2 Å². The summed E-state index contributed by atoms with van der Waals surface area (Å²) >= 11 is 0. The molecule has 4 N–H and O–H groups in total. The van der Waals surface area contributed by atoms with Gasteiger partial charge in [0.1, 0.15) is 18.3 Å². The maximum atomic E-state index is 12.8. The van der Waals surface area contributed by atoms with E-state index in [-0.39, 0.29) is 13.0 Å². The zero-order chi connectivity index (χ0) is 25.0. The summed E-state index contributed by atoms with van der Waals surface area (Å²) in [6.45, 7) is 8.75. The van der Waals surface area contributed by atoms with E-state index in [1.807, 2.05) is 0 Å². The third kappa shape index (κ3) is 2.73. The van der Waals surface area contributed by atoms with Gasteiger partial charge in [-0.2, -0.15) is 0 Å². The van der Waals surface area contributed by atoms with Gasteiger partial charge in [0.05, 0.1) is 18.8 Å². The van der Waals surface area contributed by atoms with Crippen molar-refractivity contribution in [3.05, 3.63) is 23.3 Å². The summed E-state index contributed by atoms with van der Waals surface area (Å²) in [5.41, 5.74) is -0.920. The summed E-state index contributed by atoms with van der Waals surface area (Å²) in [5, 5.41) is 45.2. The Morgan fingerprint density at radius 3 is 2.56 bits per heavy atom. The zero-order valence-electron chi connectivity index (χ0n) is 20.1. The highest BCUT2D eigenvalue weighted by atomic mass is 16.7. The molecule has 0 aromatic carbocycles. The van der Waals surface area contributed by atoms with Crippen LogP contribution >= 0.6 is 0 Å². The summed E-state index contributed by atoms with van der Waals surface area (Å²) < 4.78 is 17.9. The molecule has 5 rings (SSSR count). The lowest BCUT2D eigenvalue weighted by Crippen LogP contribution is -2.79. The summed E-state index contributed by atoms with van der Waals surface area (Å²) in [5.74, 6) is -5.66. The second-order valence-electron chi connectivity index (χ2n) is 11.4. The molecule has 9 nitrogen and oxygen atoms in total. The van der Waals surface area contributed by atoms with Crippen LogP contribution in [0.2, 0.25) is 0 Å². The van der Waals surface area contributed by atoms with E-state index in [1.54, 1.807) is 34.6 Å². The number of rotatable bonds is 2. The number of hydrogen-bond acceptors (Lipinski definition) is 9. The standard InChI is InChI=1S/C25H34O9/c1-10(2)6-15(27)33-18-17-11(3)7-14(26)20(30)23(17,5)22-24-9-32-25(22,31)19(29)12(4)13(24)8-16(28)34-21(18)24/h6-7,12-14,17-22,26,29-31H,8-9H2,1-5H3/t12-,13+,14+,17-,18-,19-,20-,21-,22-,23-,24-,25-/m1/s1. The lowest BCUT2D eigenvalue weighted by Gasteiger charge is -2.69. The summed E-state index contributed by atoms with van der Waals surface area (Å²) in [6, 6.07) is 0. The van der Waals surface area contributed by atoms with Gasteiger partial charge in [-0.05, 0) is 32.6 Å². The van der Waals surface area contributed by atoms with Crippen molar-refractivity contribution in [3.63, 3.8) is 0 Å². The predicted octanol–water partition coefficient (Wildman–Crippen LogP) is 0.446. The number of fused-ring (bicyclic) bond motifs is 1. The summed E-state index contributed by atoms with van der Waals surface area (Å²) in [4.78, 5) is 25.7. The molecular formula is C25H34O9. The van der Waals surface area contributed by atoms with Gasteiger partial charge in [0, 0.05) is 35.2 Å². The first kappa shape index (κ1) is 23.9. The summed E-state index contributed by atoms with van der Waals surface area (Å²) in [7, 11) is 0. The number of aliphatic hydroxyl groups excluding tert-OH is 3. The number of aliphatic hydroxyl groups is 4. The SMILES string of the molecule is CC(C)=CC(=O)O[C@@H]1[C@H]2C(C)=C[C@H](O)[C@@H](O)[C@]2(C)[C@H]2[C@]3(O)OC[C@@]24[C@@H]1OC(=O)C[C@H]4[C@@H](C)[C@H]3O. The molecule has 2 bridgehead atoms. The molecule has 0 amide bonds. The second-order valence-corrected chi connectivity index (χ2v) is 11.4. The number of allylic oxidation sites excluding steroid dienone is 1. The number of carbonyl (C=O) groups excluding carboxylic acids is 2. The number of hydrogen-bond donors (Lipinski definition) is 4. The quantitative estimate of drug-likeness (QED) is 0.253. The van der Waals surface area contributed by atoms with Crippen LogP contribution in [0.15, 0.2) is 23.3 Å². The smallest absolute Gasteiger partial charge is 0.331 e. The topological polar surface area (TPSA) is 143 Å². The average molecular weight is 479 g/mol. The molecule has 2 heterocycles. The Hall–Kier alpha value is -1.78. The first-order valence-electron chi connectivity index (χ1n) is 11.9. The van der Waals surface area contributed by atoms with E-state index in [0.29, 0.717) is 5.57 Å². The Labute approximate surface area is 198 Å². The molecule has 1 spiro atoms. The van der Waals surface area contributed by atoms with Gasteiger partial charge in [-0.15, -0.1) is 0 Å². The van der Waals surface area contributed by atoms with E-state index < -0.39 is 82.7 Å². The van der Waals surface area contributed by atoms with Crippen LogP contribution in [0.4, 0.5) is 0 Å². The van der Waals surface area contributed by atoms with Gasteiger partial charge in [-0.3, -0.25) is 4.79 Å². The molecule has 2 aliphatic heterocycles. The lowest BCUT2D eigenvalue weighted by atomic mass is 9.37. The Morgan fingerprint density at radius 2 is 1.91 bits per heavy atom. The van der Waals surface area contributed by atoms with E-state index in [0.717, 1.165) is 5.57 Å². The highest BCUT2D eigenvalue weighted by molar-refractivity contribution is 5.83. The van der Waals surface area contributed by atoms with Crippen LogP contribution < -0.4 is 0 Å². The first-order chi connectivity index (χ1) is 15.8. The molecule has 12 atom stereocenters. The molecule has 2 saturated heterocycles. The molecule has 0 unspecified atom stereocenters. The lowest BCUT2D eigenvalue weighted by molar-refractivity contribution is -0.350. The minimum Gasteiger partial charge on any atom is -0.458 e. The van der Waals surface area contributed by atoms with Crippen molar-refractivity contribution in [2.75, 3.05) is 6.61 Å². The van der Waals surface area contributed by atoms with Crippen molar-refractivity contribution in [2.24, 2.45) is 34.5 Å². The number of carbonyl (C=O) groups is 2. The van der Waals surface area contributed by atoms with Crippen LogP contribution in [-0.4, -0.2) is 75.3 Å². The molecule has 3 aliphatic carbocycles. The maximum Gasteiger partial charge on any atom is 0.331 e. The predicted molar refractivity (Wildman–Crippen MR) is 117 cm³/mol. The van der Waals surface area contributed by atoms with Gasteiger partial charge in [0.25, 0.3) is 0 Å². The molecule has 5 aliphatic rings. The third-order valence-corrected chi connectivity index (χ3v) is 9.39. The van der Waals surface area contributed by atoms with E-state index in [4.69, 9.17) is 14.2 Å². The van der Waals surface area contributed by atoms with Crippen molar-refractivity contribution in [1.82, 2.24) is 0 Å². The van der Waals surface area contributed by atoms with Crippen LogP contribution in [0.25, 0.3) is 0 Å². The van der Waals surface area contributed by atoms with Crippen molar-refractivity contribution < 1.29 is 44.2 Å². The zero-order valence-corrected chi connectivity index (χ0v) is 20.1. The molecule has 0 aromatic rings. The van der Waals surface area contributed by atoms with Crippen molar-refractivity contribution in [2.45, 2.75) is 77.3 Å². The van der Waals surface area contributed by atoms with Gasteiger partial charge in [-0.1, -0.05) is 31.1 Å². The van der Waals surface area contributed by atoms with E-state index >= 15 is 0 Å². The normalized spacial score (nSPS) is 53.1. The Morgan fingerprint density at radius 1 is 1.24 bits per heavy atom. The fourth-order valence-electron chi connectivity index (χ4n) is 8.34. The maximum absolute atomic E-state index is 12.8. The molecule has 9 heteroatoms. The van der Waals surface area contributed by atoms with Crippen molar-refractivity contribution in [3.8, 4) is 0 Å². The number of esters is 2. The summed E-state index contributed by atoms with van der Waals surface area (Å²) in [6.07, 6.45) is -2.96. The Bertz CT molecular complexity index is 985.